The molecule has 2 bridgehead atoms. The number of methoxy groups -OCH3 is 2. The van der Waals surface area contributed by atoms with Gasteiger partial charge in [-0.2, -0.15) is 0 Å². The summed E-state index contributed by atoms with van der Waals surface area (Å²) in [4.78, 5) is 26.8. The van der Waals surface area contributed by atoms with Crippen LogP contribution >= 0.6 is 0 Å². The third-order valence-electron chi connectivity index (χ3n) is 10.2. The SMILES string of the molecule is CC.CC.COC1C(=O)C2(C)C(OC)CC3OCC3C2CC2(O)CCC(OC(Cc3ccccc3)C(=O)O)=C1C2(C)C. The van der Waals surface area contributed by atoms with E-state index in [1.165, 1.54) is 7.11 Å². The molecule has 1 saturated heterocycles. The van der Waals surface area contributed by atoms with E-state index in [1.807, 2.05) is 78.8 Å². The number of hydrogen-bond acceptors (Lipinski definition) is 7. The van der Waals surface area contributed by atoms with E-state index in [0.717, 1.165) is 5.56 Å². The lowest BCUT2D eigenvalue weighted by molar-refractivity contribution is -0.246. The maximum absolute atomic E-state index is 14.5. The number of allylic oxidation sites excluding steroid dienone is 1. The number of carbonyl (C=O) groups excluding carboxylic acids is 1. The largest absolute Gasteiger partial charge is 0.483 e. The van der Waals surface area contributed by atoms with Gasteiger partial charge in [-0.25, -0.2) is 4.79 Å². The maximum Gasteiger partial charge on any atom is 0.345 e. The highest BCUT2D eigenvalue weighted by atomic mass is 16.5. The molecule has 0 spiro atoms. The molecular formula is C34H52O8. The molecule has 8 unspecified atom stereocenters. The molecule has 0 aromatic heterocycles. The van der Waals surface area contributed by atoms with Crippen LogP contribution in [0.25, 0.3) is 0 Å². The van der Waals surface area contributed by atoms with Gasteiger partial charge in [0.15, 0.2) is 11.9 Å². The number of rotatable bonds is 7. The van der Waals surface area contributed by atoms with E-state index in [9.17, 15) is 19.8 Å². The van der Waals surface area contributed by atoms with E-state index < -0.39 is 34.6 Å². The number of benzene rings is 1. The van der Waals surface area contributed by atoms with Gasteiger partial charge in [-0.3, -0.25) is 4.79 Å². The number of fused-ring (bicyclic) bond motifs is 5. The minimum Gasteiger partial charge on any atom is -0.483 e. The summed E-state index contributed by atoms with van der Waals surface area (Å²) in [7, 11) is 3.11. The number of aliphatic hydroxyl groups is 1. The highest BCUT2D eigenvalue weighted by Gasteiger charge is 2.67. The molecular weight excluding hydrogens is 536 g/mol. The van der Waals surface area contributed by atoms with Crippen molar-refractivity contribution >= 4 is 11.8 Å². The van der Waals surface area contributed by atoms with Crippen LogP contribution in [0.1, 0.15) is 79.7 Å². The van der Waals surface area contributed by atoms with Gasteiger partial charge in [0.05, 0.1) is 29.8 Å². The van der Waals surface area contributed by atoms with Crippen molar-refractivity contribution < 1.29 is 38.7 Å². The van der Waals surface area contributed by atoms with E-state index in [4.69, 9.17) is 18.9 Å². The predicted octanol–water partition coefficient (Wildman–Crippen LogP) is 5.60. The van der Waals surface area contributed by atoms with Crippen LogP contribution in [0, 0.1) is 22.7 Å². The van der Waals surface area contributed by atoms with E-state index in [1.54, 1.807) is 7.11 Å². The van der Waals surface area contributed by atoms with Crippen LogP contribution in [0.3, 0.4) is 0 Å². The van der Waals surface area contributed by atoms with Crippen molar-refractivity contribution in [3.8, 4) is 0 Å². The first-order valence-corrected chi connectivity index (χ1v) is 15.6. The zero-order valence-corrected chi connectivity index (χ0v) is 26.9. The van der Waals surface area contributed by atoms with Crippen LogP contribution in [0.2, 0.25) is 0 Å². The van der Waals surface area contributed by atoms with Crippen LogP contribution in [0.5, 0.6) is 0 Å². The Bertz CT molecular complexity index is 1110. The smallest absolute Gasteiger partial charge is 0.345 e. The summed E-state index contributed by atoms with van der Waals surface area (Å²) in [6, 6.07) is 9.33. The number of aliphatic carboxylic acids is 1. The first-order valence-electron chi connectivity index (χ1n) is 15.6. The molecule has 1 heterocycles. The van der Waals surface area contributed by atoms with Gasteiger partial charge >= 0.3 is 5.97 Å². The number of ether oxygens (including phenoxy) is 4. The van der Waals surface area contributed by atoms with E-state index >= 15 is 0 Å². The zero-order chi connectivity index (χ0) is 31.5. The molecule has 8 heteroatoms. The molecule has 3 fully saturated rings. The lowest BCUT2D eigenvalue weighted by Crippen LogP contribution is -2.68. The van der Waals surface area contributed by atoms with Crippen molar-refractivity contribution in [2.24, 2.45) is 22.7 Å². The second kappa shape index (κ2) is 13.6. The van der Waals surface area contributed by atoms with Gasteiger partial charge in [0.2, 0.25) is 0 Å². The second-order valence-corrected chi connectivity index (χ2v) is 12.2. The van der Waals surface area contributed by atoms with Crippen molar-refractivity contribution in [1.82, 2.24) is 0 Å². The van der Waals surface area contributed by atoms with Crippen LogP contribution in [0.15, 0.2) is 41.7 Å². The molecule has 2 N–H and O–H groups in total. The lowest BCUT2D eigenvalue weighted by atomic mass is 9.47. The summed E-state index contributed by atoms with van der Waals surface area (Å²) in [5.74, 6) is -0.729. The molecule has 8 nitrogen and oxygen atoms in total. The van der Waals surface area contributed by atoms with Gasteiger partial charge in [-0.05, 0) is 31.2 Å². The number of carboxylic acid groups (broad SMARTS) is 1. The van der Waals surface area contributed by atoms with E-state index in [-0.39, 0.29) is 36.2 Å². The Kier molecular flexibility index (Phi) is 11.1. The summed E-state index contributed by atoms with van der Waals surface area (Å²) in [5.41, 5.74) is -1.57. The Morgan fingerprint density at radius 2 is 1.71 bits per heavy atom. The Morgan fingerprint density at radius 1 is 1.07 bits per heavy atom. The summed E-state index contributed by atoms with van der Waals surface area (Å²) in [6.45, 7) is 14.4. The molecule has 1 aromatic carbocycles. The Hall–Kier alpha value is -2.26. The van der Waals surface area contributed by atoms with Gasteiger partial charge in [0.1, 0.15) is 11.9 Å². The normalized spacial score (nSPS) is 35.3. The van der Waals surface area contributed by atoms with Gasteiger partial charge in [0, 0.05) is 50.4 Å². The van der Waals surface area contributed by atoms with Crippen LogP contribution in [-0.4, -0.2) is 72.8 Å². The first-order chi connectivity index (χ1) is 20.0. The van der Waals surface area contributed by atoms with Crippen molar-refractivity contribution in [2.45, 2.75) is 111 Å². The minimum absolute atomic E-state index is 0.0183. The summed E-state index contributed by atoms with van der Waals surface area (Å²) in [6.07, 6.45) is -0.586. The maximum atomic E-state index is 14.5. The molecule has 5 rings (SSSR count). The quantitative estimate of drug-likeness (QED) is 0.424. The van der Waals surface area contributed by atoms with E-state index in [0.29, 0.717) is 43.6 Å². The average molecular weight is 589 g/mol. The second-order valence-electron chi connectivity index (χ2n) is 12.2. The number of carboxylic acids is 1. The van der Waals surface area contributed by atoms with Gasteiger partial charge in [-0.1, -0.05) is 71.9 Å². The summed E-state index contributed by atoms with van der Waals surface area (Å²) in [5, 5.41) is 22.4. The molecule has 1 aromatic rings. The van der Waals surface area contributed by atoms with Crippen LogP contribution < -0.4 is 0 Å². The van der Waals surface area contributed by atoms with Crippen molar-refractivity contribution in [3.05, 3.63) is 47.2 Å². The number of hydrogen-bond donors (Lipinski definition) is 2. The highest BCUT2D eigenvalue weighted by molar-refractivity contribution is 5.93. The molecule has 2 saturated carbocycles. The van der Waals surface area contributed by atoms with Crippen molar-refractivity contribution in [3.63, 3.8) is 0 Å². The number of ketones is 1. The van der Waals surface area contributed by atoms with Gasteiger partial charge < -0.3 is 29.2 Å². The standard InChI is InChI=1S/C30H40O8.2C2H6/c1-28(2)24-20(38-22(27(32)33)13-17-9-7-6-8-10-17)11-12-30(28,34)15-19-18-16-37-21(18)14-23(35-4)29(19,3)26(31)25(24)36-5;2*1-2/h6-10,18-19,21-23,25,34H,11-16H2,1-5H3,(H,32,33);2*1-2H3. The molecule has 42 heavy (non-hydrogen) atoms. The summed E-state index contributed by atoms with van der Waals surface area (Å²) >= 11 is 0. The lowest BCUT2D eigenvalue weighted by Gasteiger charge is -2.62. The monoisotopic (exact) mass is 588 g/mol. The Labute approximate surface area is 251 Å². The van der Waals surface area contributed by atoms with Gasteiger partial charge in [0.25, 0.3) is 0 Å². The summed E-state index contributed by atoms with van der Waals surface area (Å²) < 4.78 is 24.0. The number of Topliss-reactive ketones (excluding diaryl/α,β-unsaturated/α-hetero) is 1. The van der Waals surface area contributed by atoms with E-state index in [2.05, 4.69) is 0 Å². The molecule has 0 radical (unpaired) electrons. The number of carbonyl (C=O) groups is 2. The Morgan fingerprint density at radius 3 is 2.24 bits per heavy atom. The zero-order valence-electron chi connectivity index (χ0n) is 26.9. The first kappa shape index (κ1) is 34.2. The molecule has 1 aliphatic heterocycles. The predicted molar refractivity (Wildman–Crippen MR) is 161 cm³/mol. The fraction of sp³-hybridized carbons (Fsp3) is 0.706. The molecule has 4 aliphatic rings. The Balaban J connectivity index is 0.00000116. The van der Waals surface area contributed by atoms with Gasteiger partial charge in [-0.15, -0.1) is 0 Å². The third-order valence-corrected chi connectivity index (χ3v) is 10.2. The minimum atomic E-state index is -1.15. The van der Waals surface area contributed by atoms with Crippen molar-refractivity contribution in [2.75, 3.05) is 20.8 Å². The molecule has 3 aliphatic carbocycles. The third kappa shape index (κ3) is 5.68. The van der Waals surface area contributed by atoms with Crippen molar-refractivity contribution in [1.29, 1.82) is 0 Å². The average Bonchev–Trinajstić information content (AvgIpc) is 2.97. The van der Waals surface area contributed by atoms with Crippen LogP contribution in [0.4, 0.5) is 0 Å². The molecule has 236 valence electrons. The topological polar surface area (TPSA) is 112 Å². The highest BCUT2D eigenvalue weighted by Crippen LogP contribution is 2.61. The molecule has 0 amide bonds. The fourth-order valence-electron chi connectivity index (χ4n) is 7.65. The van der Waals surface area contributed by atoms with Crippen LogP contribution in [-0.2, 0) is 35.0 Å². The molecule has 8 atom stereocenters. The fourth-order valence-corrected chi connectivity index (χ4v) is 7.65.